The van der Waals surface area contributed by atoms with Gasteiger partial charge in [0.2, 0.25) is 0 Å². The molecule has 0 spiro atoms. The van der Waals surface area contributed by atoms with E-state index in [2.05, 4.69) is 12.2 Å². The quantitative estimate of drug-likeness (QED) is 0.827. The van der Waals surface area contributed by atoms with E-state index in [1.54, 1.807) is 0 Å². The smallest absolute Gasteiger partial charge is 0.0540 e. The molecule has 0 aromatic carbocycles. The Morgan fingerprint density at radius 2 is 1.65 bits per heavy atom. The van der Waals surface area contributed by atoms with Crippen LogP contribution < -0.4 is 5.32 Å². The molecule has 0 heterocycles. The topological polar surface area (TPSA) is 32.3 Å². The first-order valence-electron chi connectivity index (χ1n) is 8.97. The summed E-state index contributed by atoms with van der Waals surface area (Å²) >= 11 is 0. The predicted octanol–water partition coefficient (Wildman–Crippen LogP) is 3.49. The molecule has 20 heavy (non-hydrogen) atoms. The lowest BCUT2D eigenvalue weighted by Gasteiger charge is -2.62. The fraction of sp³-hybridized carbons (Fsp3) is 1.00. The Labute approximate surface area is 123 Å². The van der Waals surface area contributed by atoms with Gasteiger partial charge in [-0.2, -0.15) is 0 Å². The highest BCUT2D eigenvalue weighted by atomic mass is 16.3. The van der Waals surface area contributed by atoms with Crippen LogP contribution in [0.4, 0.5) is 0 Å². The monoisotopic (exact) mass is 277 g/mol. The summed E-state index contributed by atoms with van der Waals surface area (Å²) in [5, 5.41) is 13.7. The predicted molar refractivity (Wildman–Crippen MR) is 81.5 cm³/mol. The number of hydrogen-bond acceptors (Lipinski definition) is 2. The summed E-state index contributed by atoms with van der Waals surface area (Å²) in [6, 6.07) is 0. The van der Waals surface area contributed by atoms with E-state index in [0.29, 0.717) is 11.0 Å². The van der Waals surface area contributed by atoms with Crippen LogP contribution in [-0.2, 0) is 0 Å². The summed E-state index contributed by atoms with van der Waals surface area (Å²) in [5.74, 6) is 2.85. The standard InChI is InChI=1S/C18H31NO/c1-17-7-14-6-15(8-17)10-18(9-14,12-17)19-11-13-2-4-16(20)5-3-13/h13-16,19-20H,2-12H2,1H3. The minimum atomic E-state index is -0.00953. The third-order valence-electron chi connectivity index (χ3n) is 6.94. The third kappa shape index (κ3) is 2.43. The van der Waals surface area contributed by atoms with Gasteiger partial charge >= 0.3 is 0 Å². The summed E-state index contributed by atoms with van der Waals surface area (Å²) in [6.45, 7) is 3.76. The van der Waals surface area contributed by atoms with E-state index in [-0.39, 0.29) is 6.10 Å². The lowest BCUT2D eigenvalue weighted by atomic mass is 9.47. The molecule has 114 valence electrons. The largest absolute Gasteiger partial charge is 0.393 e. The van der Waals surface area contributed by atoms with Crippen molar-refractivity contribution in [2.45, 2.75) is 82.8 Å². The average molecular weight is 277 g/mol. The van der Waals surface area contributed by atoms with Gasteiger partial charge in [0.15, 0.2) is 0 Å². The maximum absolute atomic E-state index is 9.64. The summed E-state index contributed by atoms with van der Waals surface area (Å²) < 4.78 is 0. The van der Waals surface area contributed by atoms with Crippen molar-refractivity contribution in [3.63, 3.8) is 0 Å². The van der Waals surface area contributed by atoms with Gasteiger partial charge in [0.25, 0.3) is 0 Å². The Morgan fingerprint density at radius 1 is 1.00 bits per heavy atom. The normalized spacial score (nSPS) is 54.3. The number of aliphatic hydroxyl groups excluding tert-OH is 1. The van der Waals surface area contributed by atoms with E-state index < -0.39 is 0 Å². The van der Waals surface area contributed by atoms with E-state index in [0.717, 1.165) is 30.6 Å². The van der Waals surface area contributed by atoms with Crippen molar-refractivity contribution in [1.29, 1.82) is 0 Å². The van der Waals surface area contributed by atoms with Crippen LogP contribution in [0.25, 0.3) is 0 Å². The zero-order chi connectivity index (χ0) is 13.8. The molecule has 2 unspecified atom stereocenters. The molecule has 0 radical (unpaired) electrons. The second-order valence-electron chi connectivity index (χ2n) is 9.11. The van der Waals surface area contributed by atoms with Crippen LogP contribution in [-0.4, -0.2) is 23.3 Å². The summed E-state index contributed by atoms with van der Waals surface area (Å²) in [7, 11) is 0. The van der Waals surface area contributed by atoms with E-state index in [4.69, 9.17) is 0 Å². The van der Waals surface area contributed by atoms with Crippen LogP contribution in [0.3, 0.4) is 0 Å². The van der Waals surface area contributed by atoms with E-state index in [1.807, 2.05) is 0 Å². The molecule has 5 fully saturated rings. The van der Waals surface area contributed by atoms with Gasteiger partial charge in [-0.15, -0.1) is 0 Å². The van der Waals surface area contributed by atoms with Crippen molar-refractivity contribution in [3.05, 3.63) is 0 Å². The molecule has 5 rings (SSSR count). The number of aliphatic hydroxyl groups is 1. The van der Waals surface area contributed by atoms with E-state index >= 15 is 0 Å². The zero-order valence-corrected chi connectivity index (χ0v) is 13.0. The lowest BCUT2D eigenvalue weighted by Crippen LogP contribution is -2.62. The van der Waals surface area contributed by atoms with Crippen LogP contribution in [0.15, 0.2) is 0 Å². The van der Waals surface area contributed by atoms with Gasteiger partial charge in [-0.25, -0.2) is 0 Å². The number of nitrogens with one attached hydrogen (secondary N) is 1. The fourth-order valence-electron chi connectivity index (χ4n) is 6.64. The van der Waals surface area contributed by atoms with Gasteiger partial charge in [0, 0.05) is 5.54 Å². The minimum absolute atomic E-state index is 0.00953. The van der Waals surface area contributed by atoms with Crippen molar-refractivity contribution >= 4 is 0 Å². The first-order valence-corrected chi connectivity index (χ1v) is 8.97. The van der Waals surface area contributed by atoms with Crippen LogP contribution in [0, 0.1) is 23.2 Å². The van der Waals surface area contributed by atoms with E-state index in [9.17, 15) is 5.11 Å². The SMILES string of the molecule is CC12CC3CC(C1)CC(NCC1CCC(O)CC1)(C3)C2. The Kier molecular flexibility index (Phi) is 3.20. The highest BCUT2D eigenvalue weighted by molar-refractivity contribution is 5.10. The highest BCUT2D eigenvalue weighted by Crippen LogP contribution is 2.61. The first kappa shape index (κ1) is 13.6. The van der Waals surface area contributed by atoms with Crippen LogP contribution >= 0.6 is 0 Å². The maximum Gasteiger partial charge on any atom is 0.0540 e. The molecule has 0 aliphatic heterocycles. The molecule has 0 aromatic heterocycles. The van der Waals surface area contributed by atoms with E-state index in [1.165, 1.54) is 57.9 Å². The van der Waals surface area contributed by atoms with Crippen molar-refractivity contribution in [2.75, 3.05) is 6.54 Å². The van der Waals surface area contributed by atoms with Crippen molar-refractivity contribution in [2.24, 2.45) is 23.2 Å². The molecule has 5 aliphatic rings. The van der Waals surface area contributed by atoms with Gasteiger partial charge in [-0.3, -0.25) is 0 Å². The second kappa shape index (κ2) is 4.71. The Hall–Kier alpha value is -0.0800. The summed E-state index contributed by atoms with van der Waals surface area (Å²) in [5.41, 5.74) is 1.15. The Balaban J connectivity index is 1.39. The maximum atomic E-state index is 9.64. The Bertz CT molecular complexity index is 358. The molecule has 5 aliphatic carbocycles. The zero-order valence-electron chi connectivity index (χ0n) is 13.0. The van der Waals surface area contributed by atoms with Gasteiger partial charge in [0.1, 0.15) is 0 Å². The third-order valence-corrected chi connectivity index (χ3v) is 6.94. The van der Waals surface area contributed by atoms with Gasteiger partial charge in [-0.05, 0) is 93.9 Å². The summed E-state index contributed by atoms with van der Waals surface area (Å²) in [4.78, 5) is 0. The molecular formula is C18H31NO. The molecule has 5 saturated carbocycles. The fourth-order valence-corrected chi connectivity index (χ4v) is 6.64. The summed E-state index contributed by atoms with van der Waals surface area (Å²) in [6.07, 6.45) is 13.4. The van der Waals surface area contributed by atoms with Crippen molar-refractivity contribution in [3.8, 4) is 0 Å². The molecule has 4 bridgehead atoms. The Morgan fingerprint density at radius 3 is 2.25 bits per heavy atom. The minimum Gasteiger partial charge on any atom is -0.393 e. The second-order valence-corrected chi connectivity index (χ2v) is 9.11. The molecule has 0 amide bonds. The molecule has 2 heteroatoms. The van der Waals surface area contributed by atoms with Gasteiger partial charge < -0.3 is 10.4 Å². The molecule has 0 aromatic rings. The van der Waals surface area contributed by atoms with Gasteiger partial charge in [-0.1, -0.05) is 6.92 Å². The molecule has 2 N–H and O–H groups in total. The van der Waals surface area contributed by atoms with Crippen LogP contribution in [0.1, 0.15) is 71.1 Å². The highest BCUT2D eigenvalue weighted by Gasteiger charge is 2.55. The lowest BCUT2D eigenvalue weighted by molar-refractivity contribution is -0.0736. The van der Waals surface area contributed by atoms with Gasteiger partial charge in [0.05, 0.1) is 6.10 Å². The molecule has 2 atom stereocenters. The van der Waals surface area contributed by atoms with Crippen LogP contribution in [0.2, 0.25) is 0 Å². The average Bonchev–Trinajstić information content (AvgIpc) is 2.35. The van der Waals surface area contributed by atoms with Crippen LogP contribution in [0.5, 0.6) is 0 Å². The molecular weight excluding hydrogens is 246 g/mol. The molecule has 2 nitrogen and oxygen atoms in total. The molecule has 0 saturated heterocycles. The number of rotatable bonds is 3. The van der Waals surface area contributed by atoms with Crippen molar-refractivity contribution < 1.29 is 5.11 Å². The van der Waals surface area contributed by atoms with Crippen molar-refractivity contribution in [1.82, 2.24) is 5.32 Å². The number of hydrogen-bond donors (Lipinski definition) is 2. The first-order chi connectivity index (χ1) is 9.54.